The van der Waals surface area contributed by atoms with Crippen LogP contribution in [0, 0.1) is 21.7 Å². The van der Waals surface area contributed by atoms with Crippen LogP contribution in [0.1, 0.15) is 11.1 Å². The second-order valence-corrected chi connectivity index (χ2v) is 5.44. The van der Waals surface area contributed by atoms with Gasteiger partial charge in [0.25, 0.3) is 5.69 Å². The van der Waals surface area contributed by atoms with Crippen LogP contribution in [0.4, 0.5) is 20.2 Å². The number of nitrogens with zero attached hydrogens (tertiary/aromatic N) is 2. The number of nitrogens with one attached hydrogen (secondary N) is 1. The van der Waals surface area contributed by atoms with E-state index in [4.69, 9.17) is 0 Å². The molecule has 0 heterocycles. The minimum atomic E-state index is -0.679. The maximum absolute atomic E-state index is 14.0. The third-order valence-corrected chi connectivity index (χ3v) is 3.24. The fraction of sp³-hybridized carbons (Fsp3) is 0.250. The summed E-state index contributed by atoms with van der Waals surface area (Å²) in [6.07, 6.45) is 0. The largest absolute Gasteiger partial charge is 0.375 e. The van der Waals surface area contributed by atoms with Crippen molar-refractivity contribution in [2.24, 2.45) is 0 Å². The standard InChI is InChI=1S/C16H17F2N3O2/c1-20(2)10-12-4-3-11(7-14(12)18)9-19-15-6-5-13(17)8-16(15)21(22)23/h3-8,19H,9-10H2,1-2H3. The van der Waals surface area contributed by atoms with Gasteiger partial charge in [0.2, 0.25) is 0 Å². The minimum Gasteiger partial charge on any atom is -0.375 e. The molecule has 7 heteroatoms. The molecule has 0 spiro atoms. The molecule has 0 unspecified atom stereocenters. The molecule has 0 saturated heterocycles. The second kappa shape index (κ2) is 7.15. The number of benzene rings is 2. The summed E-state index contributed by atoms with van der Waals surface area (Å²) in [6.45, 7) is 0.689. The monoisotopic (exact) mass is 321 g/mol. The molecule has 2 aromatic rings. The van der Waals surface area contributed by atoms with Crippen molar-refractivity contribution in [1.82, 2.24) is 4.90 Å². The fourth-order valence-electron chi connectivity index (χ4n) is 2.17. The molecule has 0 aromatic heterocycles. The zero-order valence-corrected chi connectivity index (χ0v) is 12.8. The number of nitro groups is 1. The first-order valence-corrected chi connectivity index (χ1v) is 6.96. The molecule has 0 aliphatic heterocycles. The van der Waals surface area contributed by atoms with Crippen LogP contribution in [0.2, 0.25) is 0 Å². The third-order valence-electron chi connectivity index (χ3n) is 3.24. The second-order valence-electron chi connectivity index (χ2n) is 5.44. The van der Waals surface area contributed by atoms with Crippen LogP contribution in [0.5, 0.6) is 0 Å². The summed E-state index contributed by atoms with van der Waals surface area (Å²) in [5.41, 5.74) is 1.05. The molecule has 0 amide bonds. The van der Waals surface area contributed by atoms with Gasteiger partial charge in [-0.3, -0.25) is 10.1 Å². The van der Waals surface area contributed by atoms with Crippen molar-refractivity contribution in [2.75, 3.05) is 19.4 Å². The Balaban J connectivity index is 2.12. The van der Waals surface area contributed by atoms with Crippen molar-refractivity contribution >= 4 is 11.4 Å². The zero-order chi connectivity index (χ0) is 17.0. The van der Waals surface area contributed by atoms with Gasteiger partial charge in [-0.15, -0.1) is 0 Å². The van der Waals surface area contributed by atoms with E-state index in [0.717, 1.165) is 12.1 Å². The van der Waals surface area contributed by atoms with Gasteiger partial charge in [-0.1, -0.05) is 12.1 Å². The maximum atomic E-state index is 14.0. The van der Waals surface area contributed by atoms with Gasteiger partial charge in [0, 0.05) is 18.7 Å². The van der Waals surface area contributed by atoms with E-state index in [1.165, 1.54) is 12.1 Å². The van der Waals surface area contributed by atoms with Gasteiger partial charge in [0.15, 0.2) is 0 Å². The summed E-state index contributed by atoms with van der Waals surface area (Å²) in [7, 11) is 3.70. The lowest BCUT2D eigenvalue weighted by Crippen LogP contribution is -2.12. The lowest BCUT2D eigenvalue weighted by Gasteiger charge is -2.12. The van der Waals surface area contributed by atoms with Crippen molar-refractivity contribution in [3.8, 4) is 0 Å². The van der Waals surface area contributed by atoms with Crippen LogP contribution < -0.4 is 5.32 Å². The Morgan fingerprint density at radius 2 is 1.91 bits per heavy atom. The minimum absolute atomic E-state index is 0.189. The Morgan fingerprint density at radius 1 is 1.17 bits per heavy atom. The molecule has 2 rings (SSSR count). The van der Waals surface area contributed by atoms with Gasteiger partial charge in [-0.05, 0) is 37.9 Å². The van der Waals surface area contributed by atoms with Gasteiger partial charge in [-0.25, -0.2) is 8.78 Å². The fourth-order valence-corrected chi connectivity index (χ4v) is 2.17. The van der Waals surface area contributed by atoms with Crippen molar-refractivity contribution < 1.29 is 13.7 Å². The Morgan fingerprint density at radius 3 is 2.52 bits per heavy atom. The van der Waals surface area contributed by atoms with Gasteiger partial charge in [0.1, 0.15) is 17.3 Å². The number of halogens is 2. The van der Waals surface area contributed by atoms with E-state index in [9.17, 15) is 18.9 Å². The van der Waals surface area contributed by atoms with Crippen LogP contribution in [0.3, 0.4) is 0 Å². The van der Waals surface area contributed by atoms with Gasteiger partial charge in [0.05, 0.1) is 11.0 Å². The Hall–Kier alpha value is -2.54. The van der Waals surface area contributed by atoms with Crippen molar-refractivity contribution in [1.29, 1.82) is 0 Å². The molecule has 0 atom stereocenters. The van der Waals surface area contributed by atoms with E-state index in [0.29, 0.717) is 17.7 Å². The summed E-state index contributed by atoms with van der Waals surface area (Å²) in [6, 6.07) is 8.11. The first-order valence-electron chi connectivity index (χ1n) is 6.96. The molecule has 0 radical (unpaired) electrons. The number of rotatable bonds is 6. The molecule has 1 N–H and O–H groups in total. The molecule has 0 saturated carbocycles. The topological polar surface area (TPSA) is 58.4 Å². The number of nitro benzene ring substituents is 1. The van der Waals surface area contributed by atoms with Crippen molar-refractivity contribution in [2.45, 2.75) is 13.1 Å². The average Bonchev–Trinajstić information content (AvgIpc) is 2.48. The molecule has 122 valence electrons. The molecule has 0 aliphatic rings. The van der Waals surface area contributed by atoms with Crippen LogP contribution in [0.25, 0.3) is 0 Å². The predicted molar refractivity (Wildman–Crippen MR) is 84.2 cm³/mol. The van der Waals surface area contributed by atoms with Crippen LogP contribution in [0.15, 0.2) is 36.4 Å². The number of anilines is 1. The maximum Gasteiger partial charge on any atom is 0.295 e. The molecule has 0 aliphatic carbocycles. The predicted octanol–water partition coefficient (Wildman–Crippen LogP) is 3.55. The van der Waals surface area contributed by atoms with Crippen LogP contribution >= 0.6 is 0 Å². The number of hydrogen-bond donors (Lipinski definition) is 1. The normalized spacial score (nSPS) is 10.8. The Kier molecular flexibility index (Phi) is 5.23. The summed E-state index contributed by atoms with van der Waals surface area (Å²) in [5, 5.41) is 13.8. The van der Waals surface area contributed by atoms with E-state index >= 15 is 0 Å². The number of hydrogen-bond acceptors (Lipinski definition) is 4. The Labute approximate surface area is 132 Å². The van der Waals surface area contributed by atoms with E-state index in [1.807, 2.05) is 19.0 Å². The van der Waals surface area contributed by atoms with E-state index in [2.05, 4.69) is 5.32 Å². The zero-order valence-electron chi connectivity index (χ0n) is 12.8. The SMILES string of the molecule is CN(C)Cc1ccc(CNc2ccc(F)cc2[N+](=O)[O-])cc1F. The smallest absolute Gasteiger partial charge is 0.295 e. The van der Waals surface area contributed by atoms with Crippen LogP contribution in [-0.2, 0) is 13.1 Å². The highest BCUT2D eigenvalue weighted by Gasteiger charge is 2.14. The highest BCUT2D eigenvalue weighted by Crippen LogP contribution is 2.25. The molecule has 2 aromatic carbocycles. The van der Waals surface area contributed by atoms with Gasteiger partial charge < -0.3 is 10.2 Å². The average molecular weight is 321 g/mol. The highest BCUT2D eigenvalue weighted by molar-refractivity contribution is 5.61. The summed E-state index contributed by atoms with van der Waals surface area (Å²) < 4.78 is 27.1. The molecular formula is C16H17F2N3O2. The van der Waals surface area contributed by atoms with Gasteiger partial charge in [-0.2, -0.15) is 0 Å². The van der Waals surface area contributed by atoms with Crippen molar-refractivity contribution in [3.63, 3.8) is 0 Å². The van der Waals surface area contributed by atoms with E-state index < -0.39 is 10.7 Å². The Bertz CT molecular complexity index is 720. The summed E-state index contributed by atoms with van der Waals surface area (Å²) in [4.78, 5) is 12.1. The molecule has 5 nitrogen and oxygen atoms in total. The van der Waals surface area contributed by atoms with E-state index in [-0.39, 0.29) is 23.7 Å². The third kappa shape index (κ3) is 4.46. The molecule has 0 bridgehead atoms. The molecule has 23 heavy (non-hydrogen) atoms. The first kappa shape index (κ1) is 16.8. The van der Waals surface area contributed by atoms with Crippen molar-refractivity contribution in [3.05, 3.63) is 69.3 Å². The molecular weight excluding hydrogens is 304 g/mol. The highest BCUT2D eigenvalue weighted by atomic mass is 19.1. The first-order chi connectivity index (χ1) is 10.9. The van der Waals surface area contributed by atoms with Gasteiger partial charge >= 0.3 is 0 Å². The van der Waals surface area contributed by atoms with E-state index in [1.54, 1.807) is 12.1 Å². The molecule has 0 fully saturated rings. The summed E-state index contributed by atoms with van der Waals surface area (Å²) in [5.74, 6) is -1.01. The quantitative estimate of drug-likeness (QED) is 0.653. The lowest BCUT2D eigenvalue weighted by atomic mass is 10.1. The van der Waals surface area contributed by atoms with Crippen LogP contribution in [-0.4, -0.2) is 23.9 Å². The summed E-state index contributed by atoms with van der Waals surface area (Å²) >= 11 is 0. The lowest BCUT2D eigenvalue weighted by molar-refractivity contribution is -0.384.